The zero-order valence-electron chi connectivity index (χ0n) is 21.1. The van der Waals surface area contributed by atoms with Crippen molar-refractivity contribution in [3.63, 3.8) is 0 Å². The molecule has 1 heterocycles. The summed E-state index contributed by atoms with van der Waals surface area (Å²) in [7, 11) is 4.91. The first-order valence-corrected chi connectivity index (χ1v) is 14.7. The third kappa shape index (κ3) is 6.36. The van der Waals surface area contributed by atoms with Crippen LogP contribution in [0, 0.1) is 6.67 Å². The summed E-state index contributed by atoms with van der Waals surface area (Å²) in [4.78, 5) is 4.57. The molecule has 1 aliphatic heterocycles. The summed E-state index contributed by atoms with van der Waals surface area (Å²) in [5.74, 6) is 1.93. The van der Waals surface area contributed by atoms with Crippen molar-refractivity contribution < 1.29 is 33.1 Å². The van der Waals surface area contributed by atoms with Crippen LogP contribution in [0.15, 0.2) is 60.7 Å². The summed E-state index contributed by atoms with van der Waals surface area (Å²) in [5.41, 5.74) is 6.24. The minimum atomic E-state index is 0.155. The number of fused-ring (bicyclic) bond motifs is 1. The van der Waals surface area contributed by atoms with Crippen LogP contribution in [0.2, 0.25) is 0 Å². The third-order valence-electron chi connectivity index (χ3n) is 6.03. The van der Waals surface area contributed by atoms with Crippen molar-refractivity contribution in [1.29, 1.82) is 0 Å². The van der Waals surface area contributed by atoms with E-state index in [0.717, 1.165) is 12.1 Å². The molecule has 192 valence electrons. The molecule has 35 heavy (non-hydrogen) atoms. The van der Waals surface area contributed by atoms with Gasteiger partial charge in [0.25, 0.3) is 0 Å². The zero-order chi connectivity index (χ0) is 25.6. The van der Waals surface area contributed by atoms with Crippen molar-refractivity contribution >= 4 is 24.4 Å². The van der Waals surface area contributed by atoms with Gasteiger partial charge in [0, 0.05) is 24.5 Å². The first-order chi connectivity index (χ1) is 16.8. The van der Waals surface area contributed by atoms with E-state index in [9.17, 15) is 0 Å². The number of methoxy groups -OCH3 is 3. The molecule has 5 nitrogen and oxygen atoms in total. The van der Waals surface area contributed by atoms with Gasteiger partial charge >= 0.3 is 32.0 Å². The summed E-state index contributed by atoms with van der Waals surface area (Å²) in [5, 5.41) is 0. The van der Waals surface area contributed by atoms with Gasteiger partial charge in [0.15, 0.2) is 11.5 Å². The van der Waals surface area contributed by atoms with E-state index in [2.05, 4.69) is 118 Å². The van der Waals surface area contributed by atoms with Crippen LogP contribution < -0.4 is 24.0 Å². The molecule has 0 amide bonds. The molecule has 0 bridgehead atoms. The molecule has 0 saturated heterocycles. The topological polar surface area (TPSA) is 34.2 Å². The van der Waals surface area contributed by atoms with E-state index in [4.69, 9.17) is 14.2 Å². The van der Waals surface area contributed by atoms with Gasteiger partial charge < -0.3 is 24.0 Å². The van der Waals surface area contributed by atoms with Crippen LogP contribution in [0.5, 0.6) is 17.2 Å². The van der Waals surface area contributed by atoms with E-state index in [1.54, 1.807) is 21.3 Å². The Morgan fingerprint density at radius 3 is 1.66 bits per heavy atom. The predicted molar refractivity (Wildman–Crippen MR) is 143 cm³/mol. The molecule has 0 fully saturated rings. The number of benzene rings is 3. The maximum absolute atomic E-state index is 5.54. The molecule has 0 unspecified atom stereocenters. The minimum absolute atomic E-state index is 0.155. The number of ether oxygens (including phenoxy) is 3. The van der Waals surface area contributed by atoms with Gasteiger partial charge in [-0.25, -0.2) is 0 Å². The summed E-state index contributed by atoms with van der Waals surface area (Å²) in [6.07, 6.45) is 0. The van der Waals surface area contributed by atoms with Crippen LogP contribution in [-0.4, -0.2) is 21.3 Å². The standard InChI is InChI=1S/C28H33N2O3.Ag.BrH/c1-28(2,3)22-13-11-20(12-14-22)17-29-19-30(24-10-8-7-9-23(24)29)18-21-15-25(31-4)27(33-6)26(16-21)32-5;;/h7-16,19H,17-18H2,1-6H3;;1H/q-1;+1;/p-1. The van der Waals surface area contributed by atoms with Crippen LogP contribution in [0.3, 0.4) is 0 Å². The van der Waals surface area contributed by atoms with E-state index in [0.29, 0.717) is 23.8 Å². The van der Waals surface area contributed by atoms with Gasteiger partial charge in [-0.2, -0.15) is 6.67 Å². The monoisotopic (exact) mass is 631 g/mol. The van der Waals surface area contributed by atoms with Crippen LogP contribution in [0.1, 0.15) is 37.5 Å². The van der Waals surface area contributed by atoms with Crippen molar-refractivity contribution in [3.8, 4) is 17.2 Å². The van der Waals surface area contributed by atoms with Gasteiger partial charge in [-0.05, 0) is 46.4 Å². The van der Waals surface area contributed by atoms with Crippen molar-refractivity contribution in [2.24, 2.45) is 0 Å². The van der Waals surface area contributed by atoms with Crippen molar-refractivity contribution in [3.05, 3.63) is 84.0 Å². The summed E-state index contributed by atoms with van der Waals surface area (Å²) >= 11 is 5.51. The number of nitrogens with zero attached hydrogens (tertiary/aromatic N) is 2. The summed E-state index contributed by atoms with van der Waals surface area (Å²) in [6, 6.07) is 21.5. The van der Waals surface area contributed by atoms with Gasteiger partial charge in [-0.3, -0.25) is 0 Å². The zero-order valence-corrected chi connectivity index (χ0v) is 24.1. The Morgan fingerprint density at radius 1 is 0.743 bits per heavy atom. The predicted octanol–water partition coefficient (Wildman–Crippen LogP) is 7.00. The van der Waals surface area contributed by atoms with Gasteiger partial charge in [-0.15, -0.1) is 0 Å². The molecule has 0 atom stereocenters. The number of rotatable bonds is 7. The Morgan fingerprint density at radius 2 is 1.23 bits per heavy atom. The summed E-state index contributed by atoms with van der Waals surface area (Å²) in [6.45, 7) is 10.4. The molecule has 0 radical (unpaired) electrons. The second kappa shape index (κ2) is 12.2. The van der Waals surface area contributed by atoms with Crippen LogP contribution in [-0.2, 0) is 37.4 Å². The molecule has 1 aliphatic rings. The fraction of sp³-hybridized carbons (Fsp3) is 0.321. The molecule has 0 N–H and O–H groups in total. The van der Waals surface area contributed by atoms with Crippen molar-refractivity contribution in [2.75, 3.05) is 31.1 Å². The fourth-order valence-corrected chi connectivity index (χ4v) is 4.22. The normalized spacial score (nSPS) is 12.6. The average molecular weight is 633 g/mol. The number of hydrogen-bond donors (Lipinski definition) is 0. The van der Waals surface area contributed by atoms with E-state index < -0.39 is 0 Å². The van der Waals surface area contributed by atoms with E-state index in [1.807, 2.05) is 12.1 Å². The van der Waals surface area contributed by atoms with Crippen LogP contribution >= 0.6 is 13.0 Å². The Kier molecular flexibility index (Phi) is 9.59. The van der Waals surface area contributed by atoms with E-state index in [-0.39, 0.29) is 5.41 Å². The van der Waals surface area contributed by atoms with E-state index in [1.165, 1.54) is 22.5 Å². The molecule has 4 rings (SSSR count). The molecule has 3 aromatic rings. The second-order valence-corrected chi connectivity index (χ2v) is 9.34. The quantitative estimate of drug-likeness (QED) is 0.207. The average Bonchev–Trinajstić information content (AvgIpc) is 3.21. The van der Waals surface area contributed by atoms with Gasteiger partial charge in [0.2, 0.25) is 5.75 Å². The molecule has 0 spiro atoms. The van der Waals surface area contributed by atoms with E-state index >= 15 is 0 Å². The van der Waals surface area contributed by atoms with Crippen LogP contribution in [0.4, 0.5) is 11.4 Å². The molecule has 0 aromatic heterocycles. The number of halogens is 1. The molecule has 3 aromatic carbocycles. The number of anilines is 2. The fourth-order valence-electron chi connectivity index (χ4n) is 4.22. The molecule has 7 heteroatoms. The number of para-hydroxylation sites is 2. The molecular weight excluding hydrogens is 600 g/mol. The first kappa shape index (κ1) is 27.5. The molecule has 0 aliphatic carbocycles. The Bertz CT molecular complexity index is 1090. The van der Waals surface area contributed by atoms with Gasteiger partial charge in [-0.1, -0.05) is 57.2 Å². The third-order valence-corrected chi connectivity index (χ3v) is 6.03. The van der Waals surface area contributed by atoms with Gasteiger partial charge in [0.1, 0.15) is 0 Å². The van der Waals surface area contributed by atoms with Crippen LogP contribution in [0.25, 0.3) is 0 Å². The number of hydrogen-bond acceptors (Lipinski definition) is 5. The first-order valence-electron chi connectivity index (χ1n) is 11.3. The Labute approximate surface area is 228 Å². The van der Waals surface area contributed by atoms with Crippen molar-refractivity contribution in [1.82, 2.24) is 0 Å². The van der Waals surface area contributed by atoms with Gasteiger partial charge in [0.05, 0.1) is 21.3 Å². The SMILES string of the molecule is COc1cc(CN2[CH-]N(Cc3ccc(C(C)(C)C)cc3)c3ccccc32)cc(OC)c1OC.[Br][Ag]. The second-order valence-electron chi connectivity index (χ2n) is 9.34. The maximum atomic E-state index is 5.54. The molecular formula is C28H33AgBrN2O3-. The molecule has 0 saturated carbocycles. The Balaban J connectivity index is 0.00000167. The van der Waals surface area contributed by atoms with Crippen molar-refractivity contribution in [2.45, 2.75) is 39.3 Å². The summed E-state index contributed by atoms with van der Waals surface area (Å²) < 4.78 is 16.6. The Hall–Kier alpha value is -2.12.